The van der Waals surface area contributed by atoms with Crippen LogP contribution in [0.1, 0.15) is 20.3 Å². The van der Waals surface area contributed by atoms with E-state index in [2.05, 4.69) is 10.2 Å². The average molecular weight is 186 g/mol. The second-order valence-electron chi connectivity index (χ2n) is 3.79. The van der Waals surface area contributed by atoms with Crippen molar-refractivity contribution in [3.8, 4) is 0 Å². The van der Waals surface area contributed by atoms with Gasteiger partial charge in [-0.05, 0) is 13.3 Å². The standard InChI is InChI=1S/C9H18N2O2/c1-7(12)5-11-4-3-9(6-11)10-8(2)13/h7,9,12H,3-6H2,1-2H3,(H,10,13)/t7-,9?/m1/s1. The van der Waals surface area contributed by atoms with Crippen LogP contribution in [0.25, 0.3) is 0 Å². The zero-order valence-corrected chi connectivity index (χ0v) is 8.29. The van der Waals surface area contributed by atoms with E-state index in [1.165, 1.54) is 6.92 Å². The Morgan fingerprint density at radius 1 is 1.77 bits per heavy atom. The van der Waals surface area contributed by atoms with Crippen LogP contribution in [0.3, 0.4) is 0 Å². The second kappa shape index (κ2) is 4.58. The van der Waals surface area contributed by atoms with Gasteiger partial charge in [0.15, 0.2) is 0 Å². The molecule has 1 fully saturated rings. The van der Waals surface area contributed by atoms with E-state index in [4.69, 9.17) is 5.11 Å². The van der Waals surface area contributed by atoms with E-state index in [0.29, 0.717) is 6.54 Å². The van der Waals surface area contributed by atoms with Gasteiger partial charge in [0.2, 0.25) is 5.91 Å². The number of nitrogens with zero attached hydrogens (tertiary/aromatic N) is 1. The Balaban J connectivity index is 2.24. The Morgan fingerprint density at radius 2 is 2.46 bits per heavy atom. The molecule has 1 aliphatic heterocycles. The smallest absolute Gasteiger partial charge is 0.217 e. The number of hydrogen-bond acceptors (Lipinski definition) is 3. The number of rotatable bonds is 3. The van der Waals surface area contributed by atoms with Crippen molar-refractivity contribution in [3.05, 3.63) is 0 Å². The highest BCUT2D eigenvalue weighted by atomic mass is 16.3. The van der Waals surface area contributed by atoms with Gasteiger partial charge in [0.1, 0.15) is 0 Å². The van der Waals surface area contributed by atoms with Crippen molar-refractivity contribution in [2.45, 2.75) is 32.4 Å². The van der Waals surface area contributed by atoms with Crippen LogP contribution in [0.15, 0.2) is 0 Å². The molecule has 0 bridgehead atoms. The van der Waals surface area contributed by atoms with Gasteiger partial charge in [-0.25, -0.2) is 0 Å². The molecule has 0 aromatic heterocycles. The molecule has 13 heavy (non-hydrogen) atoms. The highest BCUT2D eigenvalue weighted by Crippen LogP contribution is 2.09. The summed E-state index contributed by atoms with van der Waals surface area (Å²) in [4.78, 5) is 12.9. The van der Waals surface area contributed by atoms with Gasteiger partial charge in [-0.3, -0.25) is 9.69 Å². The van der Waals surface area contributed by atoms with E-state index in [-0.39, 0.29) is 18.1 Å². The van der Waals surface area contributed by atoms with Crippen LogP contribution < -0.4 is 5.32 Å². The molecule has 2 atom stereocenters. The zero-order chi connectivity index (χ0) is 9.84. The first kappa shape index (κ1) is 10.5. The molecule has 1 aliphatic rings. The van der Waals surface area contributed by atoms with Crippen molar-refractivity contribution in [1.82, 2.24) is 10.2 Å². The Hall–Kier alpha value is -0.610. The highest BCUT2D eigenvalue weighted by molar-refractivity contribution is 5.73. The predicted octanol–water partition coefficient (Wildman–Crippen LogP) is -0.422. The van der Waals surface area contributed by atoms with Crippen molar-refractivity contribution in [2.24, 2.45) is 0 Å². The number of aliphatic hydroxyl groups is 1. The zero-order valence-electron chi connectivity index (χ0n) is 8.29. The number of nitrogens with one attached hydrogen (secondary N) is 1. The topological polar surface area (TPSA) is 52.6 Å². The van der Waals surface area contributed by atoms with Crippen molar-refractivity contribution < 1.29 is 9.90 Å². The maximum atomic E-state index is 10.7. The summed E-state index contributed by atoms with van der Waals surface area (Å²) in [6.07, 6.45) is 0.711. The largest absolute Gasteiger partial charge is 0.392 e. The fourth-order valence-corrected chi connectivity index (χ4v) is 1.78. The minimum absolute atomic E-state index is 0.0314. The van der Waals surface area contributed by atoms with E-state index >= 15 is 0 Å². The summed E-state index contributed by atoms with van der Waals surface area (Å²) >= 11 is 0. The van der Waals surface area contributed by atoms with Crippen molar-refractivity contribution in [2.75, 3.05) is 19.6 Å². The molecule has 0 aromatic carbocycles. The van der Waals surface area contributed by atoms with Crippen LogP contribution in [-0.2, 0) is 4.79 Å². The molecule has 4 nitrogen and oxygen atoms in total. The summed E-state index contributed by atoms with van der Waals surface area (Å²) in [6, 6.07) is 0.274. The molecule has 0 aliphatic carbocycles. The molecule has 0 spiro atoms. The van der Waals surface area contributed by atoms with Crippen LogP contribution in [0.2, 0.25) is 0 Å². The fourth-order valence-electron chi connectivity index (χ4n) is 1.78. The van der Waals surface area contributed by atoms with E-state index in [0.717, 1.165) is 19.5 Å². The second-order valence-corrected chi connectivity index (χ2v) is 3.79. The molecule has 0 aromatic rings. The first-order valence-corrected chi connectivity index (χ1v) is 4.75. The molecule has 1 heterocycles. The summed E-state index contributed by atoms with van der Waals surface area (Å²) in [5.74, 6) is 0.0314. The molecule has 1 rings (SSSR count). The minimum atomic E-state index is -0.281. The minimum Gasteiger partial charge on any atom is -0.392 e. The number of β-amino-alcohol motifs (C(OH)–C–C–N with tert-alkyl or cyclic N) is 1. The summed E-state index contributed by atoms with van der Waals surface area (Å²) in [6.45, 7) is 5.86. The third kappa shape index (κ3) is 3.74. The van der Waals surface area contributed by atoms with E-state index in [1.807, 2.05) is 0 Å². The molecule has 1 amide bonds. The lowest BCUT2D eigenvalue weighted by Crippen LogP contribution is -2.37. The quantitative estimate of drug-likeness (QED) is 0.629. The Bertz CT molecular complexity index is 182. The van der Waals surface area contributed by atoms with E-state index in [9.17, 15) is 4.79 Å². The number of carbonyl (C=O) groups excluding carboxylic acids is 1. The van der Waals surface area contributed by atoms with Crippen LogP contribution in [-0.4, -0.2) is 47.7 Å². The first-order chi connectivity index (χ1) is 6.08. The van der Waals surface area contributed by atoms with Crippen molar-refractivity contribution in [1.29, 1.82) is 0 Å². The van der Waals surface area contributed by atoms with Gasteiger partial charge in [0.05, 0.1) is 6.10 Å². The Morgan fingerprint density at radius 3 is 3.00 bits per heavy atom. The predicted molar refractivity (Wildman–Crippen MR) is 50.3 cm³/mol. The van der Waals surface area contributed by atoms with Gasteiger partial charge in [-0.15, -0.1) is 0 Å². The molecular weight excluding hydrogens is 168 g/mol. The maximum absolute atomic E-state index is 10.7. The molecule has 4 heteroatoms. The number of likely N-dealkylation sites (tertiary alicyclic amines) is 1. The molecule has 76 valence electrons. The third-order valence-electron chi connectivity index (χ3n) is 2.20. The molecule has 2 N–H and O–H groups in total. The summed E-state index contributed by atoms with van der Waals surface area (Å²) in [7, 11) is 0. The fraction of sp³-hybridized carbons (Fsp3) is 0.889. The summed E-state index contributed by atoms with van der Waals surface area (Å²) < 4.78 is 0. The van der Waals surface area contributed by atoms with Gasteiger partial charge in [0.25, 0.3) is 0 Å². The lowest BCUT2D eigenvalue weighted by molar-refractivity contribution is -0.119. The highest BCUT2D eigenvalue weighted by Gasteiger charge is 2.23. The molecule has 0 radical (unpaired) electrons. The van der Waals surface area contributed by atoms with Gasteiger partial charge < -0.3 is 10.4 Å². The van der Waals surface area contributed by atoms with Gasteiger partial charge in [0, 0.05) is 32.6 Å². The monoisotopic (exact) mass is 186 g/mol. The average Bonchev–Trinajstić information content (AvgIpc) is 2.33. The molecular formula is C9H18N2O2. The van der Waals surface area contributed by atoms with Gasteiger partial charge >= 0.3 is 0 Å². The van der Waals surface area contributed by atoms with Crippen LogP contribution in [0, 0.1) is 0 Å². The summed E-state index contributed by atoms with van der Waals surface area (Å²) in [5.41, 5.74) is 0. The first-order valence-electron chi connectivity index (χ1n) is 4.75. The lowest BCUT2D eigenvalue weighted by atomic mass is 10.2. The van der Waals surface area contributed by atoms with Gasteiger partial charge in [-0.2, -0.15) is 0 Å². The van der Waals surface area contributed by atoms with Crippen molar-refractivity contribution >= 4 is 5.91 Å². The molecule has 1 saturated heterocycles. The molecule has 0 saturated carbocycles. The Kier molecular flexibility index (Phi) is 3.69. The SMILES string of the molecule is CC(=O)NC1CCN(C[C@@H](C)O)C1. The number of carbonyl (C=O) groups is 1. The maximum Gasteiger partial charge on any atom is 0.217 e. The van der Waals surface area contributed by atoms with Crippen LogP contribution >= 0.6 is 0 Å². The number of hydrogen-bond donors (Lipinski definition) is 2. The van der Waals surface area contributed by atoms with E-state index in [1.54, 1.807) is 6.92 Å². The van der Waals surface area contributed by atoms with Crippen LogP contribution in [0.4, 0.5) is 0 Å². The number of amides is 1. The molecule has 1 unspecified atom stereocenters. The number of aliphatic hydroxyl groups excluding tert-OH is 1. The third-order valence-corrected chi connectivity index (χ3v) is 2.20. The van der Waals surface area contributed by atoms with E-state index < -0.39 is 0 Å². The Labute approximate surface area is 78.9 Å². The van der Waals surface area contributed by atoms with Gasteiger partial charge in [-0.1, -0.05) is 0 Å². The normalized spacial score (nSPS) is 25.9. The summed E-state index contributed by atoms with van der Waals surface area (Å²) in [5, 5.41) is 12.0. The van der Waals surface area contributed by atoms with Crippen LogP contribution in [0.5, 0.6) is 0 Å². The lowest BCUT2D eigenvalue weighted by Gasteiger charge is -2.17. The van der Waals surface area contributed by atoms with Crippen molar-refractivity contribution in [3.63, 3.8) is 0 Å².